The third kappa shape index (κ3) is 2.13. The zero-order valence-electron chi connectivity index (χ0n) is 15.1. The maximum absolute atomic E-state index is 13.6. The number of hydrogen-bond donors (Lipinski definition) is 0. The van der Waals surface area contributed by atoms with Crippen molar-refractivity contribution in [2.75, 3.05) is 0 Å². The number of nitrogens with zero attached hydrogens (tertiary/aromatic N) is 1. The highest BCUT2D eigenvalue weighted by molar-refractivity contribution is 6.32. The van der Waals surface area contributed by atoms with Gasteiger partial charge in [-0.25, -0.2) is 4.98 Å². The fourth-order valence-corrected chi connectivity index (χ4v) is 5.97. The van der Waals surface area contributed by atoms with Gasteiger partial charge in [0.25, 0.3) is 0 Å². The largest absolute Gasteiger partial charge is 0.294 e. The molecule has 0 N–H and O–H groups in total. The molecule has 132 valence electrons. The van der Waals surface area contributed by atoms with E-state index in [1.165, 1.54) is 30.4 Å². The number of para-hydroxylation sites is 1. The number of rotatable bonds is 2. The van der Waals surface area contributed by atoms with Gasteiger partial charge < -0.3 is 0 Å². The van der Waals surface area contributed by atoms with Gasteiger partial charge in [-0.05, 0) is 60.3 Å². The molecular formula is C25H21NO. The number of pyridine rings is 1. The lowest BCUT2D eigenvalue weighted by atomic mass is 9.77. The topological polar surface area (TPSA) is 30.0 Å². The molecule has 27 heavy (non-hydrogen) atoms. The van der Waals surface area contributed by atoms with E-state index < -0.39 is 0 Å². The summed E-state index contributed by atoms with van der Waals surface area (Å²) < 4.78 is 0. The van der Waals surface area contributed by atoms with Crippen LogP contribution < -0.4 is 0 Å². The summed E-state index contributed by atoms with van der Waals surface area (Å²) in [6, 6.07) is 22.8. The number of hydrogen-bond acceptors (Lipinski definition) is 2. The van der Waals surface area contributed by atoms with Crippen molar-refractivity contribution < 1.29 is 4.79 Å². The number of aromatic nitrogens is 1. The molecule has 0 saturated heterocycles. The van der Waals surface area contributed by atoms with Gasteiger partial charge >= 0.3 is 0 Å². The number of carbonyl (C=O) groups is 1. The molecule has 2 bridgehead atoms. The van der Waals surface area contributed by atoms with Gasteiger partial charge in [-0.15, -0.1) is 0 Å². The predicted octanol–water partition coefficient (Wildman–Crippen LogP) is 5.39. The van der Waals surface area contributed by atoms with E-state index in [1.54, 1.807) is 0 Å². The molecule has 0 spiro atoms. The van der Waals surface area contributed by atoms with E-state index in [9.17, 15) is 4.79 Å². The van der Waals surface area contributed by atoms with Crippen LogP contribution in [-0.2, 0) is 4.79 Å². The van der Waals surface area contributed by atoms with Crippen LogP contribution in [0.5, 0.6) is 0 Å². The van der Waals surface area contributed by atoms with Gasteiger partial charge in [0.05, 0.1) is 11.2 Å². The SMILES string of the molecule is O=C1C(c2ccc3ccccc3n2)=C(c2ccccc2)[C@@H]2[C@H]3CC[C@H](C3)[C@H]12. The van der Waals surface area contributed by atoms with Crippen LogP contribution >= 0.6 is 0 Å². The lowest BCUT2D eigenvalue weighted by molar-refractivity contribution is -0.118. The highest BCUT2D eigenvalue weighted by atomic mass is 16.1. The Morgan fingerprint density at radius 1 is 0.778 bits per heavy atom. The zero-order chi connectivity index (χ0) is 18.0. The molecule has 3 aromatic rings. The molecule has 0 aliphatic heterocycles. The van der Waals surface area contributed by atoms with Crippen LogP contribution in [0.4, 0.5) is 0 Å². The minimum Gasteiger partial charge on any atom is -0.294 e. The average molecular weight is 351 g/mol. The molecule has 2 nitrogen and oxygen atoms in total. The normalized spacial score (nSPS) is 29.0. The molecule has 2 fully saturated rings. The Hall–Kier alpha value is -2.74. The van der Waals surface area contributed by atoms with Crippen molar-refractivity contribution in [2.24, 2.45) is 23.7 Å². The maximum Gasteiger partial charge on any atom is 0.169 e. The Kier molecular flexibility index (Phi) is 3.19. The molecule has 4 atom stereocenters. The van der Waals surface area contributed by atoms with Crippen LogP contribution in [0.15, 0.2) is 66.7 Å². The highest BCUT2D eigenvalue weighted by Gasteiger charge is 2.57. The van der Waals surface area contributed by atoms with Crippen LogP contribution in [0.2, 0.25) is 0 Å². The molecule has 0 amide bonds. The average Bonchev–Trinajstić information content (AvgIpc) is 3.41. The number of ketones is 1. The molecule has 3 aliphatic carbocycles. The lowest BCUT2D eigenvalue weighted by Crippen LogP contribution is -2.24. The third-order valence-electron chi connectivity index (χ3n) is 7.01. The van der Waals surface area contributed by atoms with Gasteiger partial charge in [0.2, 0.25) is 0 Å². The second-order valence-electron chi connectivity index (χ2n) is 8.29. The van der Waals surface area contributed by atoms with E-state index in [0.717, 1.165) is 22.2 Å². The van der Waals surface area contributed by atoms with E-state index in [4.69, 9.17) is 4.98 Å². The summed E-state index contributed by atoms with van der Waals surface area (Å²) in [5, 5.41) is 1.12. The number of benzene rings is 2. The molecule has 3 aliphatic rings. The summed E-state index contributed by atoms with van der Waals surface area (Å²) in [4.78, 5) is 18.5. The summed E-state index contributed by atoms with van der Waals surface area (Å²) in [5.74, 6) is 2.15. The second kappa shape index (κ2) is 5.63. The Bertz CT molecular complexity index is 1100. The molecule has 0 unspecified atom stereocenters. The van der Waals surface area contributed by atoms with E-state index in [1.807, 2.05) is 30.3 Å². The quantitative estimate of drug-likeness (QED) is 0.619. The fraction of sp³-hybridized carbons (Fsp3) is 0.280. The van der Waals surface area contributed by atoms with Crippen molar-refractivity contribution in [1.29, 1.82) is 0 Å². The fourth-order valence-electron chi connectivity index (χ4n) is 5.97. The van der Waals surface area contributed by atoms with Crippen LogP contribution in [0.3, 0.4) is 0 Å². The Morgan fingerprint density at radius 2 is 1.52 bits per heavy atom. The first kappa shape index (κ1) is 15.3. The van der Waals surface area contributed by atoms with Crippen LogP contribution in [-0.4, -0.2) is 10.8 Å². The summed E-state index contributed by atoms with van der Waals surface area (Å²) in [5.41, 5.74) is 5.17. The lowest BCUT2D eigenvalue weighted by Gasteiger charge is -2.26. The molecule has 1 heterocycles. The molecule has 0 radical (unpaired) electrons. The summed E-state index contributed by atoms with van der Waals surface area (Å²) in [6.45, 7) is 0. The van der Waals surface area contributed by atoms with Gasteiger partial charge in [-0.1, -0.05) is 54.6 Å². The number of fused-ring (bicyclic) bond motifs is 6. The molecule has 2 aromatic carbocycles. The second-order valence-corrected chi connectivity index (χ2v) is 8.29. The molecule has 2 saturated carbocycles. The van der Waals surface area contributed by atoms with Gasteiger partial charge in [-0.3, -0.25) is 4.79 Å². The first-order valence-electron chi connectivity index (χ1n) is 10.0. The highest BCUT2D eigenvalue weighted by Crippen LogP contribution is 2.62. The monoisotopic (exact) mass is 351 g/mol. The third-order valence-corrected chi connectivity index (χ3v) is 7.01. The maximum atomic E-state index is 13.6. The molecule has 2 heteroatoms. The van der Waals surface area contributed by atoms with Crippen molar-refractivity contribution >= 4 is 27.8 Å². The number of Topliss-reactive ketones (excluding diaryl/α,β-unsaturated/α-hetero) is 1. The standard InChI is InChI=1S/C25H21NO/c27-25-23-18-11-10-17(14-18)22(23)21(16-7-2-1-3-8-16)24(25)20-13-12-15-6-4-5-9-19(15)26-20/h1-9,12-13,17-18,22-23H,10-11,14H2/t17-,18+,22-,23-/m0/s1. The van der Waals surface area contributed by atoms with Crippen molar-refractivity contribution in [3.63, 3.8) is 0 Å². The van der Waals surface area contributed by atoms with Crippen LogP contribution in [0.1, 0.15) is 30.5 Å². The molecular weight excluding hydrogens is 330 g/mol. The minimum atomic E-state index is 0.183. The van der Waals surface area contributed by atoms with E-state index in [-0.39, 0.29) is 5.92 Å². The minimum absolute atomic E-state index is 0.183. The molecule has 1 aromatic heterocycles. The van der Waals surface area contributed by atoms with Gasteiger partial charge in [-0.2, -0.15) is 0 Å². The van der Waals surface area contributed by atoms with Gasteiger partial charge in [0.1, 0.15) is 0 Å². The van der Waals surface area contributed by atoms with Gasteiger partial charge in [0.15, 0.2) is 5.78 Å². The van der Waals surface area contributed by atoms with Crippen molar-refractivity contribution in [1.82, 2.24) is 4.98 Å². The summed E-state index contributed by atoms with van der Waals surface area (Å²) in [7, 11) is 0. The number of carbonyl (C=O) groups excluding carboxylic acids is 1. The van der Waals surface area contributed by atoms with E-state index in [0.29, 0.717) is 23.5 Å². The zero-order valence-corrected chi connectivity index (χ0v) is 15.1. The first-order chi connectivity index (χ1) is 13.3. The van der Waals surface area contributed by atoms with Crippen LogP contribution in [0.25, 0.3) is 22.0 Å². The first-order valence-corrected chi connectivity index (χ1v) is 10.0. The van der Waals surface area contributed by atoms with E-state index >= 15 is 0 Å². The Balaban J connectivity index is 1.60. The Labute approximate surface area is 158 Å². The van der Waals surface area contributed by atoms with Gasteiger partial charge in [0, 0.05) is 16.9 Å². The van der Waals surface area contributed by atoms with Crippen molar-refractivity contribution in [3.05, 3.63) is 78.0 Å². The number of allylic oxidation sites excluding steroid dienone is 2. The van der Waals surface area contributed by atoms with Crippen molar-refractivity contribution in [3.8, 4) is 0 Å². The van der Waals surface area contributed by atoms with E-state index in [2.05, 4.69) is 36.4 Å². The smallest absolute Gasteiger partial charge is 0.169 e. The summed E-state index contributed by atoms with van der Waals surface area (Å²) >= 11 is 0. The van der Waals surface area contributed by atoms with Crippen LogP contribution in [0, 0.1) is 23.7 Å². The van der Waals surface area contributed by atoms with Crippen molar-refractivity contribution in [2.45, 2.75) is 19.3 Å². The Morgan fingerprint density at radius 3 is 2.37 bits per heavy atom. The summed E-state index contributed by atoms with van der Waals surface area (Å²) in [6.07, 6.45) is 3.72. The molecule has 6 rings (SSSR count). The predicted molar refractivity (Wildman–Crippen MR) is 108 cm³/mol.